The third-order valence-corrected chi connectivity index (χ3v) is 9.85. The van der Waals surface area contributed by atoms with Gasteiger partial charge in [0.05, 0.1) is 13.0 Å². The van der Waals surface area contributed by atoms with Gasteiger partial charge in [0.1, 0.15) is 18.3 Å². The molecule has 29 heavy (non-hydrogen) atoms. The molecule has 0 N–H and O–H groups in total. The maximum absolute atomic E-state index is 12.1. The first-order valence-electron chi connectivity index (χ1n) is 10.0. The predicted molar refractivity (Wildman–Crippen MR) is 118 cm³/mol. The lowest BCUT2D eigenvalue weighted by Crippen LogP contribution is -2.43. The molecule has 0 amide bonds. The highest BCUT2D eigenvalue weighted by molar-refractivity contribution is 6.74. The van der Waals surface area contributed by atoms with Gasteiger partial charge in [-0.05, 0) is 48.3 Å². The highest BCUT2D eigenvalue weighted by Crippen LogP contribution is 2.37. The number of benzene rings is 1. The van der Waals surface area contributed by atoms with Crippen LogP contribution in [-0.2, 0) is 25.5 Å². The fraction of sp³-hybridized carbons (Fsp3) is 0.522. The predicted octanol–water partition coefficient (Wildman–Crippen LogP) is 4.90. The topological polar surface area (TPSA) is 69.7 Å². The van der Waals surface area contributed by atoms with Crippen LogP contribution in [0.25, 0.3) is 0 Å². The van der Waals surface area contributed by atoms with Gasteiger partial charge in [0, 0.05) is 18.8 Å². The lowest BCUT2D eigenvalue weighted by molar-refractivity contribution is -0.144. The summed E-state index contributed by atoms with van der Waals surface area (Å²) in [6.07, 6.45) is 3.78. The van der Waals surface area contributed by atoms with Gasteiger partial charge in [0.15, 0.2) is 0 Å². The van der Waals surface area contributed by atoms with E-state index < -0.39 is 20.2 Å². The van der Waals surface area contributed by atoms with Gasteiger partial charge >= 0.3 is 5.97 Å². The molecule has 0 aromatic heterocycles. The summed E-state index contributed by atoms with van der Waals surface area (Å²) in [6.45, 7) is 13.0. The Kier molecular flexibility index (Phi) is 9.50. The van der Waals surface area contributed by atoms with Crippen LogP contribution in [0.15, 0.2) is 35.9 Å². The van der Waals surface area contributed by atoms with Crippen molar-refractivity contribution >= 4 is 26.9 Å². The second-order valence-corrected chi connectivity index (χ2v) is 13.4. The zero-order valence-electron chi connectivity index (χ0n) is 18.5. The van der Waals surface area contributed by atoms with Crippen LogP contribution in [0.5, 0.6) is 5.75 Å². The first-order chi connectivity index (χ1) is 13.5. The monoisotopic (exact) mass is 418 g/mol. The van der Waals surface area contributed by atoms with E-state index in [-0.39, 0.29) is 24.5 Å². The van der Waals surface area contributed by atoms with Crippen molar-refractivity contribution in [2.45, 2.75) is 65.1 Å². The van der Waals surface area contributed by atoms with Gasteiger partial charge in [-0.1, -0.05) is 39.0 Å². The molecule has 0 aliphatic heterocycles. The Morgan fingerprint density at radius 2 is 1.76 bits per heavy atom. The van der Waals surface area contributed by atoms with Crippen molar-refractivity contribution in [1.82, 2.24) is 0 Å². The molecule has 1 aromatic carbocycles. The minimum absolute atomic E-state index is 0.0243. The van der Waals surface area contributed by atoms with Crippen LogP contribution in [-0.4, -0.2) is 33.5 Å². The number of hydrogen-bond acceptors (Lipinski definition) is 5. The van der Waals surface area contributed by atoms with E-state index >= 15 is 0 Å². The molecular formula is C23H34O5Si. The molecule has 0 saturated carbocycles. The Labute approximate surface area is 175 Å². The van der Waals surface area contributed by atoms with E-state index in [0.29, 0.717) is 18.3 Å². The van der Waals surface area contributed by atoms with E-state index in [0.717, 1.165) is 17.6 Å². The van der Waals surface area contributed by atoms with E-state index in [2.05, 4.69) is 33.9 Å². The Balaban J connectivity index is 2.55. The van der Waals surface area contributed by atoms with Crippen LogP contribution in [0.4, 0.5) is 0 Å². The summed E-state index contributed by atoms with van der Waals surface area (Å²) in [4.78, 5) is 33.9. The molecule has 0 fully saturated rings. The van der Waals surface area contributed by atoms with Gasteiger partial charge in [-0.3, -0.25) is 9.59 Å². The third-order valence-electron chi connectivity index (χ3n) is 5.49. The summed E-state index contributed by atoms with van der Waals surface area (Å²) in [5, 5.41) is 0.137. The molecule has 0 radical (unpaired) electrons. The first-order valence-corrected chi connectivity index (χ1v) is 12.9. The Bertz CT molecular complexity index is 714. The normalized spacial score (nSPS) is 13.5. The minimum Gasteiger partial charge on any atom is -0.544 e. The summed E-state index contributed by atoms with van der Waals surface area (Å²) >= 11 is 0. The van der Waals surface area contributed by atoms with Gasteiger partial charge in [-0.15, -0.1) is 0 Å². The molecule has 0 heterocycles. The average molecular weight is 419 g/mol. The Morgan fingerprint density at radius 3 is 2.24 bits per heavy atom. The smallest absolute Gasteiger partial charge is 0.306 e. The van der Waals surface area contributed by atoms with Crippen LogP contribution in [0.1, 0.15) is 46.1 Å². The number of esters is 1. The largest absolute Gasteiger partial charge is 0.544 e. The quantitative estimate of drug-likeness (QED) is 0.221. The van der Waals surface area contributed by atoms with Crippen LogP contribution in [0.2, 0.25) is 18.1 Å². The zero-order chi connectivity index (χ0) is 22.1. The number of carbonyl (C=O) groups excluding carboxylic acids is 3. The molecule has 1 atom stereocenters. The van der Waals surface area contributed by atoms with Crippen molar-refractivity contribution in [3.63, 3.8) is 0 Å². The first kappa shape index (κ1) is 24.8. The number of carbonyl (C=O) groups is 3. The van der Waals surface area contributed by atoms with Crippen molar-refractivity contribution in [2.24, 2.45) is 5.92 Å². The van der Waals surface area contributed by atoms with Gasteiger partial charge < -0.3 is 14.0 Å². The standard InChI is InChI=1S/C23H34O5Si/c1-7-19(17-25)20(12-14-24)16-22(26)27-15-13-18-8-10-21(11-9-18)28-29(5,6)23(2,3)4/h7-11,14,17,20H,12-13,15-16H2,1-6H3/b19-7+/t20-/m0/s1. The van der Waals surface area contributed by atoms with Gasteiger partial charge in [0.25, 0.3) is 0 Å². The molecule has 0 aliphatic carbocycles. The molecule has 5 nitrogen and oxygen atoms in total. The molecule has 6 heteroatoms. The molecule has 0 aliphatic rings. The van der Waals surface area contributed by atoms with E-state index in [9.17, 15) is 14.4 Å². The van der Waals surface area contributed by atoms with Gasteiger partial charge in [-0.2, -0.15) is 0 Å². The van der Waals surface area contributed by atoms with Crippen molar-refractivity contribution in [1.29, 1.82) is 0 Å². The van der Waals surface area contributed by atoms with Crippen molar-refractivity contribution in [2.75, 3.05) is 6.61 Å². The molecule has 1 aromatic rings. The molecule has 0 spiro atoms. The number of allylic oxidation sites excluding steroid dienone is 2. The van der Waals surface area contributed by atoms with Gasteiger partial charge in [-0.25, -0.2) is 0 Å². The molecule has 1 rings (SSSR count). The summed E-state index contributed by atoms with van der Waals surface area (Å²) in [5.74, 6) is 0.0342. The fourth-order valence-electron chi connectivity index (χ4n) is 2.57. The SMILES string of the molecule is C/C=C(\C=O)[C@@H](CC=O)CC(=O)OCCc1ccc(O[Si](C)(C)C(C)(C)C)cc1. The number of rotatable bonds is 11. The van der Waals surface area contributed by atoms with Crippen LogP contribution < -0.4 is 4.43 Å². The lowest BCUT2D eigenvalue weighted by Gasteiger charge is -2.36. The second kappa shape index (κ2) is 11.1. The fourth-order valence-corrected chi connectivity index (χ4v) is 3.60. The summed E-state index contributed by atoms with van der Waals surface area (Å²) in [5.41, 5.74) is 1.50. The number of aldehydes is 2. The van der Waals surface area contributed by atoms with Crippen LogP contribution in [0.3, 0.4) is 0 Å². The maximum Gasteiger partial charge on any atom is 0.306 e. The van der Waals surface area contributed by atoms with E-state index in [1.165, 1.54) is 0 Å². The number of ether oxygens (including phenoxy) is 1. The number of hydrogen-bond donors (Lipinski definition) is 0. The van der Waals surface area contributed by atoms with Gasteiger partial charge in [0.2, 0.25) is 8.32 Å². The average Bonchev–Trinajstić information content (AvgIpc) is 2.63. The molecule has 160 valence electrons. The Morgan fingerprint density at radius 1 is 1.14 bits per heavy atom. The molecule has 0 saturated heterocycles. The minimum atomic E-state index is -1.87. The van der Waals surface area contributed by atoms with Crippen LogP contribution >= 0.6 is 0 Å². The second-order valence-electron chi connectivity index (χ2n) is 8.69. The molecule has 0 unspecified atom stereocenters. The maximum atomic E-state index is 12.1. The van der Waals surface area contributed by atoms with Crippen LogP contribution in [0, 0.1) is 5.92 Å². The highest BCUT2D eigenvalue weighted by atomic mass is 28.4. The van der Waals surface area contributed by atoms with Crippen molar-refractivity contribution in [3.8, 4) is 5.75 Å². The summed E-state index contributed by atoms with van der Waals surface area (Å²) in [6, 6.07) is 7.88. The Hall–Kier alpha value is -2.21. The third kappa shape index (κ3) is 7.97. The van der Waals surface area contributed by atoms with E-state index in [1.807, 2.05) is 24.3 Å². The molecular weight excluding hydrogens is 384 g/mol. The summed E-state index contributed by atoms with van der Waals surface area (Å²) < 4.78 is 11.6. The zero-order valence-corrected chi connectivity index (χ0v) is 19.5. The van der Waals surface area contributed by atoms with E-state index in [4.69, 9.17) is 9.16 Å². The summed E-state index contributed by atoms with van der Waals surface area (Å²) in [7, 11) is -1.87. The molecule has 0 bridgehead atoms. The van der Waals surface area contributed by atoms with Crippen molar-refractivity contribution in [3.05, 3.63) is 41.5 Å². The highest BCUT2D eigenvalue weighted by Gasteiger charge is 2.38. The van der Waals surface area contributed by atoms with Crippen molar-refractivity contribution < 1.29 is 23.5 Å². The lowest BCUT2D eigenvalue weighted by atomic mass is 9.93. The van der Waals surface area contributed by atoms with E-state index in [1.54, 1.807) is 13.0 Å².